The minimum Gasteiger partial charge on any atom is -0.375 e. The van der Waals surface area contributed by atoms with Crippen LogP contribution in [-0.4, -0.2) is 19.6 Å². The lowest BCUT2D eigenvalue weighted by atomic mass is 9.89. The van der Waals surface area contributed by atoms with Crippen LogP contribution >= 0.6 is 0 Å². The van der Waals surface area contributed by atoms with Gasteiger partial charge < -0.3 is 4.74 Å². The molecule has 0 spiro atoms. The van der Waals surface area contributed by atoms with Crippen molar-refractivity contribution in [2.75, 3.05) is 0 Å². The van der Waals surface area contributed by atoms with Gasteiger partial charge in [-0.05, 0) is 24.3 Å². The number of azide groups is 1. The Bertz CT molecular complexity index is 217. The van der Waals surface area contributed by atoms with E-state index in [4.69, 9.17) is 18.1 Å². The first-order valence-electron chi connectivity index (χ1n) is 4.14. The standard InChI is InChI=1S/C7H12BN3O/c1-3-7(10-11-9)5(2)4-6(8)12-7/h5-6H,3-4H2,1-2H3/t5?,6-,7-/m1/s1. The van der Waals surface area contributed by atoms with E-state index in [9.17, 15) is 0 Å². The predicted molar refractivity (Wildman–Crippen MR) is 46.6 cm³/mol. The molecule has 0 aromatic rings. The van der Waals surface area contributed by atoms with Crippen molar-refractivity contribution in [3.63, 3.8) is 0 Å². The number of nitrogens with zero attached hydrogens (tertiary/aromatic N) is 3. The molecule has 1 aliphatic heterocycles. The maximum atomic E-state index is 8.36. The van der Waals surface area contributed by atoms with Gasteiger partial charge in [0.2, 0.25) is 0 Å². The van der Waals surface area contributed by atoms with E-state index in [0.29, 0.717) is 6.42 Å². The molecule has 0 N–H and O–H groups in total. The molecule has 1 heterocycles. The van der Waals surface area contributed by atoms with Crippen LogP contribution in [0.1, 0.15) is 26.7 Å². The van der Waals surface area contributed by atoms with E-state index in [0.717, 1.165) is 6.42 Å². The summed E-state index contributed by atoms with van der Waals surface area (Å²) in [5.74, 6) is 0.202. The van der Waals surface area contributed by atoms with Crippen molar-refractivity contribution in [3.8, 4) is 0 Å². The van der Waals surface area contributed by atoms with Gasteiger partial charge >= 0.3 is 0 Å². The van der Waals surface area contributed by atoms with Gasteiger partial charge in [-0.1, -0.05) is 19.0 Å². The molecule has 3 atom stereocenters. The first-order valence-corrected chi connectivity index (χ1v) is 4.14. The van der Waals surface area contributed by atoms with E-state index in [1.165, 1.54) is 0 Å². The van der Waals surface area contributed by atoms with E-state index in [-0.39, 0.29) is 11.9 Å². The quantitative estimate of drug-likeness (QED) is 0.267. The summed E-state index contributed by atoms with van der Waals surface area (Å²) >= 11 is 0. The van der Waals surface area contributed by atoms with Crippen LogP contribution in [0, 0.1) is 5.92 Å². The molecule has 0 aliphatic carbocycles. The zero-order chi connectivity index (χ0) is 9.19. The third-order valence-corrected chi connectivity index (χ3v) is 2.43. The van der Waals surface area contributed by atoms with Gasteiger partial charge in [0, 0.05) is 10.9 Å². The van der Waals surface area contributed by atoms with Gasteiger partial charge in [0.25, 0.3) is 0 Å². The molecule has 0 aromatic carbocycles. The van der Waals surface area contributed by atoms with E-state index in [1.807, 2.05) is 13.8 Å². The number of rotatable bonds is 2. The molecule has 12 heavy (non-hydrogen) atoms. The minimum absolute atomic E-state index is 0.202. The SMILES string of the molecule is [B][C@H]1CC(C)[C@](CC)(N=[N+]=[N-])O1. The van der Waals surface area contributed by atoms with Crippen molar-refractivity contribution in [2.24, 2.45) is 11.0 Å². The zero-order valence-electron chi connectivity index (χ0n) is 7.40. The molecule has 2 radical (unpaired) electrons. The Labute approximate surface area is 73.3 Å². The van der Waals surface area contributed by atoms with E-state index >= 15 is 0 Å². The van der Waals surface area contributed by atoms with Crippen LogP contribution in [0.3, 0.4) is 0 Å². The number of hydrogen-bond acceptors (Lipinski definition) is 2. The van der Waals surface area contributed by atoms with Crippen LogP contribution in [-0.2, 0) is 4.74 Å². The van der Waals surface area contributed by atoms with E-state index in [2.05, 4.69) is 10.0 Å². The van der Waals surface area contributed by atoms with E-state index < -0.39 is 5.72 Å². The highest BCUT2D eigenvalue weighted by Gasteiger charge is 2.42. The lowest BCUT2D eigenvalue weighted by molar-refractivity contribution is -0.0284. The highest BCUT2D eigenvalue weighted by Crippen LogP contribution is 2.38. The fraction of sp³-hybridized carbons (Fsp3) is 1.00. The monoisotopic (exact) mass is 165 g/mol. The summed E-state index contributed by atoms with van der Waals surface area (Å²) < 4.78 is 5.41. The zero-order valence-corrected chi connectivity index (χ0v) is 7.40. The Balaban J connectivity index is 2.85. The van der Waals surface area contributed by atoms with Crippen molar-refractivity contribution in [3.05, 3.63) is 10.4 Å². The molecule has 64 valence electrons. The molecule has 5 heteroatoms. The van der Waals surface area contributed by atoms with Crippen LogP contribution in [0.2, 0.25) is 0 Å². The van der Waals surface area contributed by atoms with Crippen molar-refractivity contribution in [1.29, 1.82) is 0 Å². The Morgan fingerprint density at radius 1 is 1.83 bits per heavy atom. The fourth-order valence-corrected chi connectivity index (χ4v) is 1.66. The summed E-state index contributed by atoms with van der Waals surface area (Å²) in [5, 5.41) is 3.68. The molecule has 0 amide bonds. The summed E-state index contributed by atoms with van der Waals surface area (Å²) in [7, 11) is 5.60. The molecular formula is C7H12BN3O. The van der Waals surface area contributed by atoms with Gasteiger partial charge in [-0.2, -0.15) is 0 Å². The summed E-state index contributed by atoms with van der Waals surface area (Å²) in [5.41, 5.74) is 7.66. The molecule has 0 aromatic heterocycles. The molecule has 0 bridgehead atoms. The second kappa shape index (κ2) is 3.38. The topological polar surface area (TPSA) is 58.0 Å². The smallest absolute Gasteiger partial charge is 0.148 e. The van der Waals surface area contributed by atoms with E-state index in [1.54, 1.807) is 0 Å². The van der Waals surface area contributed by atoms with Gasteiger partial charge in [0.15, 0.2) is 0 Å². The van der Waals surface area contributed by atoms with Gasteiger partial charge in [-0.3, -0.25) is 0 Å². The van der Waals surface area contributed by atoms with Gasteiger partial charge in [-0.15, -0.1) is 0 Å². The third kappa shape index (κ3) is 1.42. The van der Waals surface area contributed by atoms with Crippen LogP contribution in [0.4, 0.5) is 0 Å². The molecule has 1 saturated heterocycles. The lowest BCUT2D eigenvalue weighted by Crippen LogP contribution is -2.30. The maximum absolute atomic E-state index is 8.36. The molecule has 4 nitrogen and oxygen atoms in total. The fourth-order valence-electron chi connectivity index (χ4n) is 1.66. The predicted octanol–water partition coefficient (Wildman–Crippen LogP) is 1.95. The molecule has 1 fully saturated rings. The molecule has 1 unspecified atom stereocenters. The van der Waals surface area contributed by atoms with Crippen molar-refractivity contribution in [2.45, 2.75) is 38.4 Å². The number of ether oxygens (including phenoxy) is 1. The van der Waals surface area contributed by atoms with Crippen LogP contribution in [0.25, 0.3) is 10.4 Å². The van der Waals surface area contributed by atoms with Gasteiger partial charge in [-0.25, -0.2) is 0 Å². The maximum Gasteiger partial charge on any atom is 0.148 e. The second-order valence-corrected chi connectivity index (χ2v) is 3.18. The Morgan fingerprint density at radius 2 is 2.50 bits per heavy atom. The lowest BCUT2D eigenvalue weighted by Gasteiger charge is -2.25. The Kier molecular flexibility index (Phi) is 2.65. The minimum atomic E-state index is -0.700. The first kappa shape index (κ1) is 9.42. The van der Waals surface area contributed by atoms with Gasteiger partial charge in [0.1, 0.15) is 13.6 Å². The average Bonchev–Trinajstić information content (AvgIpc) is 2.28. The van der Waals surface area contributed by atoms with Crippen LogP contribution < -0.4 is 0 Å². The molecule has 0 saturated carbocycles. The van der Waals surface area contributed by atoms with Crippen LogP contribution in [0.5, 0.6) is 0 Å². The molecule has 1 aliphatic rings. The highest BCUT2D eigenvalue weighted by molar-refractivity contribution is 6.11. The summed E-state index contributed by atoms with van der Waals surface area (Å²) in [6.45, 7) is 3.92. The van der Waals surface area contributed by atoms with Crippen molar-refractivity contribution in [1.82, 2.24) is 0 Å². The first-order chi connectivity index (χ1) is 5.64. The third-order valence-electron chi connectivity index (χ3n) is 2.43. The summed E-state index contributed by atoms with van der Waals surface area (Å²) in [6.07, 6.45) is 1.43. The highest BCUT2D eigenvalue weighted by atomic mass is 16.5. The molecular weight excluding hydrogens is 153 g/mol. The van der Waals surface area contributed by atoms with Crippen molar-refractivity contribution < 1.29 is 4.74 Å². The van der Waals surface area contributed by atoms with Gasteiger partial charge in [0.05, 0.1) is 0 Å². The summed E-state index contributed by atoms with van der Waals surface area (Å²) in [6, 6.07) is -0.287. The van der Waals surface area contributed by atoms with Crippen molar-refractivity contribution >= 4 is 7.85 Å². The largest absolute Gasteiger partial charge is 0.375 e. The Morgan fingerprint density at radius 3 is 2.83 bits per heavy atom. The molecule has 1 rings (SSSR count). The normalized spacial score (nSPS) is 40.8. The Hall–Kier alpha value is -0.665. The summed E-state index contributed by atoms with van der Waals surface area (Å²) in [4.78, 5) is 2.79. The second-order valence-electron chi connectivity index (χ2n) is 3.18. The van der Waals surface area contributed by atoms with Crippen LogP contribution in [0.15, 0.2) is 5.11 Å². The number of hydrogen-bond donors (Lipinski definition) is 0. The average molecular weight is 165 g/mol.